The average molecular weight is 584 g/mol. The zero-order valence-electron chi connectivity index (χ0n) is 21.8. The summed E-state index contributed by atoms with van der Waals surface area (Å²) < 4.78 is 38.0. The zero-order valence-corrected chi connectivity index (χ0v) is 23.4. The summed E-state index contributed by atoms with van der Waals surface area (Å²) in [6, 6.07) is 15.2. The number of sulfonamides is 1. The van der Waals surface area contributed by atoms with E-state index in [0.29, 0.717) is 22.2 Å². The maximum atomic E-state index is 14.0. The van der Waals surface area contributed by atoms with E-state index in [1.54, 1.807) is 30.3 Å². The number of nitrogens with zero attached hydrogens (tertiary/aromatic N) is 2. The molecule has 0 aliphatic carbocycles. The largest absolute Gasteiger partial charge is 0.497 e. The maximum absolute atomic E-state index is 14.0. The topological polar surface area (TPSA) is 122 Å². The monoisotopic (exact) mass is 583 g/mol. The van der Waals surface area contributed by atoms with Crippen LogP contribution in [0.3, 0.4) is 0 Å². The molecule has 2 atom stereocenters. The Kier molecular flexibility index (Phi) is 8.19. The predicted molar refractivity (Wildman–Crippen MR) is 147 cm³/mol. The highest BCUT2D eigenvalue weighted by molar-refractivity contribution is 7.90. The van der Waals surface area contributed by atoms with Gasteiger partial charge >= 0.3 is 0 Å². The normalized spacial score (nSPS) is 18.3. The minimum Gasteiger partial charge on any atom is -0.497 e. The highest BCUT2D eigenvalue weighted by Crippen LogP contribution is 2.32. The van der Waals surface area contributed by atoms with E-state index in [-0.39, 0.29) is 29.7 Å². The minimum absolute atomic E-state index is 0.0127. The first kappa shape index (κ1) is 27.8. The van der Waals surface area contributed by atoms with Crippen molar-refractivity contribution in [3.63, 3.8) is 0 Å². The van der Waals surface area contributed by atoms with Crippen LogP contribution in [0.2, 0.25) is 0 Å². The SMILES string of the molecule is COc1cccc(C(C(=O)NCC2CCCO2)N(Cc2cccs2)C(=O)CN2C(=O)c3ccccc3S2(=O)=O)c1. The van der Waals surface area contributed by atoms with Gasteiger partial charge in [0.25, 0.3) is 15.9 Å². The van der Waals surface area contributed by atoms with Crippen molar-refractivity contribution >= 4 is 39.1 Å². The molecule has 0 radical (unpaired) electrons. The lowest BCUT2D eigenvalue weighted by Crippen LogP contribution is -2.48. The first-order chi connectivity index (χ1) is 19.3. The molecule has 2 aliphatic heterocycles. The van der Waals surface area contributed by atoms with Crippen molar-refractivity contribution in [2.45, 2.75) is 36.4 Å². The van der Waals surface area contributed by atoms with Crippen LogP contribution in [0.25, 0.3) is 0 Å². The van der Waals surface area contributed by atoms with Crippen LogP contribution in [0.1, 0.15) is 39.7 Å². The Morgan fingerprint density at radius 2 is 2.00 bits per heavy atom. The molecule has 3 heterocycles. The molecule has 2 aliphatic rings. The molecule has 0 spiro atoms. The number of benzene rings is 2. The lowest BCUT2D eigenvalue weighted by molar-refractivity contribution is -0.141. The third-order valence-corrected chi connectivity index (χ3v) is 9.56. The quantitative estimate of drug-likeness (QED) is 0.389. The zero-order chi connectivity index (χ0) is 28.3. The summed E-state index contributed by atoms with van der Waals surface area (Å²) in [7, 11) is -2.73. The lowest BCUT2D eigenvalue weighted by Gasteiger charge is -2.32. The lowest BCUT2D eigenvalue weighted by atomic mass is 10.0. The number of thiophene rings is 1. The molecular weight excluding hydrogens is 554 g/mol. The minimum atomic E-state index is -4.23. The Hall–Kier alpha value is -3.74. The van der Waals surface area contributed by atoms with Gasteiger partial charge in [-0.1, -0.05) is 30.3 Å². The molecule has 1 saturated heterocycles. The Morgan fingerprint density at radius 1 is 1.18 bits per heavy atom. The van der Waals surface area contributed by atoms with Gasteiger partial charge in [-0.2, -0.15) is 0 Å². The van der Waals surface area contributed by atoms with Crippen LogP contribution in [0.15, 0.2) is 70.9 Å². The third kappa shape index (κ3) is 5.60. The van der Waals surface area contributed by atoms with Crippen molar-refractivity contribution in [1.29, 1.82) is 0 Å². The van der Waals surface area contributed by atoms with E-state index in [9.17, 15) is 22.8 Å². The number of fused-ring (bicyclic) bond motifs is 1. The number of carbonyl (C=O) groups is 3. The summed E-state index contributed by atoms with van der Waals surface area (Å²) in [4.78, 5) is 42.8. The Bertz CT molecular complexity index is 1500. The molecule has 40 heavy (non-hydrogen) atoms. The molecule has 1 fully saturated rings. The summed E-state index contributed by atoms with van der Waals surface area (Å²) in [5, 5.41) is 4.76. The van der Waals surface area contributed by atoms with Crippen molar-refractivity contribution in [3.8, 4) is 5.75 Å². The molecule has 3 amide bonds. The van der Waals surface area contributed by atoms with Gasteiger partial charge in [0.05, 0.1) is 25.3 Å². The van der Waals surface area contributed by atoms with Gasteiger partial charge in [0.2, 0.25) is 11.8 Å². The molecule has 210 valence electrons. The number of hydrogen-bond acceptors (Lipinski definition) is 8. The predicted octanol–water partition coefficient (Wildman–Crippen LogP) is 2.97. The van der Waals surface area contributed by atoms with Gasteiger partial charge in [0, 0.05) is 18.0 Å². The van der Waals surface area contributed by atoms with Crippen molar-refractivity contribution in [1.82, 2.24) is 14.5 Å². The molecule has 3 aromatic rings. The van der Waals surface area contributed by atoms with E-state index >= 15 is 0 Å². The highest BCUT2D eigenvalue weighted by atomic mass is 32.2. The van der Waals surface area contributed by atoms with E-state index < -0.39 is 40.3 Å². The molecule has 10 nitrogen and oxygen atoms in total. The van der Waals surface area contributed by atoms with E-state index in [4.69, 9.17) is 9.47 Å². The van der Waals surface area contributed by atoms with Crippen LogP contribution < -0.4 is 10.1 Å². The molecule has 1 N–H and O–H groups in total. The smallest absolute Gasteiger partial charge is 0.269 e. The second-order valence-corrected chi connectivity index (χ2v) is 12.3. The standard InChI is InChI=1S/C28H29N3O7S2/c1-37-20-8-4-7-19(15-20)26(27(33)29-16-21-9-5-13-38-21)30(17-22-10-6-14-39-22)25(32)18-31-28(34)23-11-2-3-12-24(23)40(31,35)36/h2-4,6-8,10-12,14-15,21,26H,5,9,13,16-18H2,1H3,(H,29,33). The fraction of sp³-hybridized carbons (Fsp3) is 0.321. The third-order valence-electron chi connectivity index (χ3n) is 6.92. The molecule has 2 aromatic carbocycles. The van der Waals surface area contributed by atoms with Crippen LogP contribution in [-0.4, -0.2) is 68.3 Å². The Balaban J connectivity index is 1.50. The second kappa shape index (κ2) is 11.8. The Labute approximate surface area is 236 Å². The molecule has 12 heteroatoms. The fourth-order valence-corrected chi connectivity index (χ4v) is 7.12. The van der Waals surface area contributed by atoms with Gasteiger partial charge in [-0.3, -0.25) is 14.4 Å². The number of amides is 3. The van der Waals surface area contributed by atoms with Gasteiger partial charge in [-0.05, 0) is 54.1 Å². The number of rotatable bonds is 10. The van der Waals surface area contributed by atoms with E-state index in [0.717, 1.165) is 17.7 Å². The summed E-state index contributed by atoms with van der Waals surface area (Å²) in [5.74, 6) is -1.43. The van der Waals surface area contributed by atoms with E-state index in [2.05, 4.69) is 5.32 Å². The number of nitrogens with one attached hydrogen (secondary N) is 1. The highest BCUT2D eigenvalue weighted by Gasteiger charge is 2.43. The van der Waals surface area contributed by atoms with Gasteiger partial charge < -0.3 is 19.7 Å². The van der Waals surface area contributed by atoms with E-state index in [1.165, 1.54) is 41.5 Å². The Morgan fingerprint density at radius 3 is 2.70 bits per heavy atom. The summed E-state index contributed by atoms with van der Waals surface area (Å²) >= 11 is 1.40. The van der Waals surface area contributed by atoms with Crippen molar-refractivity contribution < 1.29 is 32.3 Å². The summed E-state index contributed by atoms with van der Waals surface area (Å²) in [6.07, 6.45) is 1.60. The second-order valence-electron chi connectivity index (χ2n) is 9.47. The molecule has 1 aromatic heterocycles. The van der Waals surface area contributed by atoms with Crippen molar-refractivity contribution in [3.05, 3.63) is 82.0 Å². The number of carbonyl (C=O) groups excluding carboxylic acids is 3. The van der Waals surface area contributed by atoms with Crippen molar-refractivity contribution in [2.75, 3.05) is 26.8 Å². The molecule has 0 saturated carbocycles. The van der Waals surface area contributed by atoms with Gasteiger partial charge in [-0.25, -0.2) is 12.7 Å². The fourth-order valence-electron chi connectivity index (χ4n) is 4.90. The number of hydrogen-bond donors (Lipinski definition) is 1. The maximum Gasteiger partial charge on any atom is 0.269 e. The molecule has 5 rings (SSSR count). The molecule has 2 unspecified atom stereocenters. The number of methoxy groups -OCH3 is 1. The van der Waals surface area contributed by atoms with Crippen LogP contribution >= 0.6 is 11.3 Å². The van der Waals surface area contributed by atoms with Crippen LogP contribution in [-0.2, 0) is 30.9 Å². The van der Waals surface area contributed by atoms with Gasteiger partial charge in [0.1, 0.15) is 23.2 Å². The first-order valence-electron chi connectivity index (χ1n) is 12.8. The summed E-state index contributed by atoms with van der Waals surface area (Å²) in [5.41, 5.74) is 0.492. The van der Waals surface area contributed by atoms with Crippen LogP contribution in [0.5, 0.6) is 5.75 Å². The number of ether oxygens (including phenoxy) is 2. The summed E-state index contributed by atoms with van der Waals surface area (Å²) in [6.45, 7) is 0.180. The van der Waals surface area contributed by atoms with Crippen LogP contribution in [0, 0.1) is 0 Å². The molecular formula is C28H29N3O7S2. The van der Waals surface area contributed by atoms with Gasteiger partial charge in [0.15, 0.2) is 0 Å². The van der Waals surface area contributed by atoms with Gasteiger partial charge in [-0.15, -0.1) is 11.3 Å². The van der Waals surface area contributed by atoms with Crippen LogP contribution in [0.4, 0.5) is 0 Å². The van der Waals surface area contributed by atoms with E-state index in [1.807, 2.05) is 17.5 Å². The first-order valence-corrected chi connectivity index (χ1v) is 15.1. The molecule has 0 bridgehead atoms. The average Bonchev–Trinajstić information content (AvgIpc) is 3.71. The van der Waals surface area contributed by atoms with Crippen molar-refractivity contribution in [2.24, 2.45) is 0 Å².